The molecule has 5 heteroatoms. The fourth-order valence-corrected chi connectivity index (χ4v) is 2.19. The first-order valence-electron chi connectivity index (χ1n) is 3.14. The molecule has 0 bridgehead atoms. The molecule has 0 aliphatic carbocycles. The van der Waals surface area contributed by atoms with Crippen molar-refractivity contribution >= 4 is 33.0 Å². The van der Waals surface area contributed by atoms with E-state index in [0.29, 0.717) is 4.88 Å². The molecule has 1 aromatic rings. The lowest BCUT2D eigenvalue weighted by Crippen LogP contribution is -2.12. The minimum atomic E-state index is -2.86. The van der Waals surface area contributed by atoms with Crippen LogP contribution in [0.1, 0.15) is 4.88 Å². The second-order valence-electron chi connectivity index (χ2n) is 2.14. The molecule has 1 nitrogen and oxygen atoms in total. The molecule has 0 spiro atoms. The molecule has 0 aromatic carbocycles. The summed E-state index contributed by atoms with van der Waals surface area (Å²) in [5, 5.41) is 1.75. The van der Waals surface area contributed by atoms with Gasteiger partial charge in [-0.1, -0.05) is 0 Å². The molecule has 12 heavy (non-hydrogen) atoms. The topological polar surface area (TPSA) is 17.1 Å². The van der Waals surface area contributed by atoms with Gasteiger partial charge in [-0.3, -0.25) is 4.79 Å². The molecule has 1 heterocycles. The van der Waals surface area contributed by atoms with E-state index in [1.54, 1.807) is 11.4 Å². The van der Waals surface area contributed by atoms with Gasteiger partial charge in [-0.05, 0) is 27.4 Å². The zero-order valence-electron chi connectivity index (χ0n) is 5.89. The van der Waals surface area contributed by atoms with Crippen LogP contribution in [0.5, 0.6) is 0 Å². The highest BCUT2D eigenvalue weighted by Gasteiger charge is 2.17. The van der Waals surface area contributed by atoms with Gasteiger partial charge < -0.3 is 0 Å². The minimum absolute atomic E-state index is 0.185. The Morgan fingerprint density at radius 2 is 2.33 bits per heavy atom. The van der Waals surface area contributed by atoms with Crippen LogP contribution in [-0.2, 0) is 11.2 Å². The van der Waals surface area contributed by atoms with E-state index >= 15 is 0 Å². The van der Waals surface area contributed by atoms with Gasteiger partial charge in [0.15, 0.2) is 0 Å². The smallest absolute Gasteiger partial charge is 0.293 e. The average Bonchev–Trinajstić information content (AvgIpc) is 2.36. The highest BCUT2D eigenvalue weighted by Crippen LogP contribution is 2.23. The fourth-order valence-electron chi connectivity index (χ4n) is 0.687. The molecule has 0 radical (unpaired) electrons. The summed E-state index contributed by atoms with van der Waals surface area (Å²) in [6.45, 7) is 0. The van der Waals surface area contributed by atoms with Crippen molar-refractivity contribution < 1.29 is 13.6 Å². The van der Waals surface area contributed by atoms with Gasteiger partial charge in [0.1, 0.15) is 0 Å². The number of hydrogen-bond acceptors (Lipinski definition) is 2. The van der Waals surface area contributed by atoms with Crippen LogP contribution in [0.3, 0.4) is 0 Å². The number of Topliss-reactive ketones (excluding diaryl/α,β-unsaturated/α-hetero) is 1. The Labute approximate surface area is 80.5 Å². The molecular weight excluding hydrogens is 250 g/mol. The lowest BCUT2D eigenvalue weighted by atomic mass is 10.2. The molecule has 0 saturated carbocycles. The number of alkyl halides is 2. The number of thiophene rings is 1. The summed E-state index contributed by atoms with van der Waals surface area (Å²) in [5.74, 6) is -1.03. The van der Waals surface area contributed by atoms with Crippen LogP contribution in [0.15, 0.2) is 15.9 Å². The molecule has 0 saturated heterocycles. The molecule has 0 aliphatic heterocycles. The zero-order valence-corrected chi connectivity index (χ0v) is 8.29. The minimum Gasteiger partial charge on any atom is -0.293 e. The third-order valence-corrected chi connectivity index (χ3v) is 3.20. The molecule has 0 unspecified atom stereocenters. The average molecular weight is 255 g/mol. The van der Waals surface area contributed by atoms with Gasteiger partial charge in [-0.15, -0.1) is 11.3 Å². The van der Waals surface area contributed by atoms with Gasteiger partial charge in [0.2, 0.25) is 5.78 Å². The molecular formula is C7H5BrF2OS. The van der Waals surface area contributed by atoms with E-state index in [9.17, 15) is 13.6 Å². The van der Waals surface area contributed by atoms with Crippen molar-refractivity contribution in [3.05, 3.63) is 20.8 Å². The van der Waals surface area contributed by atoms with Crippen molar-refractivity contribution in [2.75, 3.05) is 0 Å². The van der Waals surface area contributed by atoms with Gasteiger partial charge in [0.05, 0.1) is 0 Å². The van der Waals surface area contributed by atoms with Crippen molar-refractivity contribution in [2.24, 2.45) is 0 Å². The summed E-state index contributed by atoms with van der Waals surface area (Å²) in [5.41, 5.74) is 0. The largest absolute Gasteiger partial charge is 0.296 e. The molecule has 0 N–H and O–H groups in total. The van der Waals surface area contributed by atoms with Crippen LogP contribution in [0.2, 0.25) is 0 Å². The van der Waals surface area contributed by atoms with Crippen molar-refractivity contribution in [3.63, 3.8) is 0 Å². The van der Waals surface area contributed by atoms with Crippen LogP contribution in [0.4, 0.5) is 8.78 Å². The normalized spacial score (nSPS) is 10.7. The molecule has 1 rings (SSSR count). The van der Waals surface area contributed by atoms with E-state index < -0.39 is 12.2 Å². The van der Waals surface area contributed by atoms with E-state index in [2.05, 4.69) is 15.9 Å². The molecule has 0 atom stereocenters. The maximum atomic E-state index is 11.8. The lowest BCUT2D eigenvalue weighted by molar-refractivity contribution is -0.128. The number of hydrogen-bond donors (Lipinski definition) is 0. The van der Waals surface area contributed by atoms with Gasteiger partial charge in [-0.2, -0.15) is 0 Å². The lowest BCUT2D eigenvalue weighted by Gasteiger charge is -1.96. The quantitative estimate of drug-likeness (QED) is 0.811. The molecule has 66 valence electrons. The van der Waals surface area contributed by atoms with Crippen molar-refractivity contribution in [2.45, 2.75) is 12.8 Å². The first kappa shape index (κ1) is 9.80. The maximum absolute atomic E-state index is 11.8. The number of ketones is 1. The monoisotopic (exact) mass is 254 g/mol. The van der Waals surface area contributed by atoms with Crippen molar-refractivity contribution in [3.8, 4) is 0 Å². The fraction of sp³-hybridized carbons (Fsp3) is 0.286. The van der Waals surface area contributed by atoms with Crippen LogP contribution in [0.25, 0.3) is 0 Å². The summed E-state index contributed by atoms with van der Waals surface area (Å²) in [7, 11) is 0. The number of rotatable bonds is 3. The predicted octanol–water partition coefficient (Wildman–Crippen LogP) is 2.89. The maximum Gasteiger partial charge on any atom is 0.296 e. The van der Waals surface area contributed by atoms with Gasteiger partial charge in [-0.25, -0.2) is 8.78 Å². The van der Waals surface area contributed by atoms with Gasteiger partial charge in [0.25, 0.3) is 6.43 Å². The van der Waals surface area contributed by atoms with Crippen LogP contribution < -0.4 is 0 Å². The number of carbonyl (C=O) groups is 1. The Morgan fingerprint density at radius 1 is 1.67 bits per heavy atom. The van der Waals surface area contributed by atoms with Crippen molar-refractivity contribution in [1.82, 2.24) is 0 Å². The summed E-state index contributed by atoms with van der Waals surface area (Å²) in [4.78, 5) is 11.3. The van der Waals surface area contributed by atoms with E-state index in [0.717, 1.165) is 4.47 Å². The summed E-state index contributed by atoms with van der Waals surface area (Å²) >= 11 is 4.45. The van der Waals surface area contributed by atoms with Crippen LogP contribution >= 0.6 is 27.3 Å². The Bertz CT molecular complexity index is 285. The Kier molecular flexibility index (Phi) is 3.34. The van der Waals surface area contributed by atoms with E-state index in [4.69, 9.17) is 0 Å². The standard InChI is InChI=1S/C7H5BrF2OS/c8-4-1-2-12-6(4)3-5(11)7(9)10/h1-2,7H,3H2. The predicted molar refractivity (Wildman–Crippen MR) is 46.7 cm³/mol. The number of halogens is 3. The SMILES string of the molecule is O=C(Cc1sccc1Br)C(F)F. The van der Waals surface area contributed by atoms with Crippen molar-refractivity contribution in [1.29, 1.82) is 0 Å². The molecule has 0 fully saturated rings. The summed E-state index contributed by atoms with van der Waals surface area (Å²) in [6.07, 6.45) is -3.05. The Hall–Kier alpha value is -0.290. The summed E-state index contributed by atoms with van der Waals surface area (Å²) < 4.78 is 24.3. The third kappa shape index (κ3) is 2.35. The van der Waals surface area contributed by atoms with E-state index in [1.165, 1.54) is 11.3 Å². The molecule has 0 amide bonds. The van der Waals surface area contributed by atoms with E-state index in [1.807, 2.05) is 0 Å². The molecule has 1 aromatic heterocycles. The second-order valence-corrected chi connectivity index (χ2v) is 3.99. The second kappa shape index (κ2) is 4.09. The summed E-state index contributed by atoms with van der Waals surface area (Å²) in [6, 6.07) is 1.73. The zero-order chi connectivity index (χ0) is 9.14. The Morgan fingerprint density at radius 3 is 2.75 bits per heavy atom. The number of carbonyl (C=O) groups excluding carboxylic acids is 1. The highest BCUT2D eigenvalue weighted by atomic mass is 79.9. The highest BCUT2D eigenvalue weighted by molar-refractivity contribution is 9.10. The van der Waals surface area contributed by atoms with E-state index in [-0.39, 0.29) is 6.42 Å². The van der Waals surface area contributed by atoms with Crippen LogP contribution in [0, 0.1) is 0 Å². The molecule has 0 aliphatic rings. The van der Waals surface area contributed by atoms with Gasteiger partial charge in [0, 0.05) is 15.8 Å². The first-order chi connectivity index (χ1) is 5.61. The first-order valence-corrected chi connectivity index (χ1v) is 4.81. The Balaban J connectivity index is 2.64. The third-order valence-electron chi connectivity index (χ3n) is 1.27. The van der Waals surface area contributed by atoms with Crippen LogP contribution in [-0.4, -0.2) is 12.2 Å². The van der Waals surface area contributed by atoms with Gasteiger partial charge >= 0.3 is 0 Å².